The maximum Gasteiger partial charge on any atom is 0.335 e. The molecule has 1 aliphatic rings. The zero-order valence-electron chi connectivity index (χ0n) is 26.7. The number of hydrogen-bond acceptors (Lipinski definition) is 6. The first kappa shape index (κ1) is 32.3. The fraction of sp³-hybridized carbons (Fsp3) is 0.270. The second-order valence-electron chi connectivity index (χ2n) is 12.9. The highest BCUT2D eigenvalue weighted by Gasteiger charge is 2.38. The minimum Gasteiger partial charge on any atom is -0.478 e. The molecule has 1 N–H and O–H groups in total. The molecule has 11 heteroatoms. The van der Waals surface area contributed by atoms with Crippen LogP contribution in [-0.2, 0) is 24.4 Å². The lowest BCUT2D eigenvalue weighted by atomic mass is 9.90. The fourth-order valence-electron chi connectivity index (χ4n) is 5.75. The lowest BCUT2D eigenvalue weighted by Gasteiger charge is -2.44. The summed E-state index contributed by atoms with van der Waals surface area (Å²) in [6.07, 6.45) is 0.927. The van der Waals surface area contributed by atoms with E-state index in [2.05, 4.69) is 4.98 Å². The van der Waals surface area contributed by atoms with Crippen LogP contribution in [0, 0.1) is 28.4 Å². The smallest absolute Gasteiger partial charge is 0.335 e. The highest BCUT2D eigenvalue weighted by atomic mass is 19.1. The van der Waals surface area contributed by atoms with Gasteiger partial charge in [0, 0.05) is 42.1 Å². The normalized spacial score (nSPS) is 14.4. The van der Waals surface area contributed by atoms with Crippen molar-refractivity contribution in [3.63, 3.8) is 0 Å². The van der Waals surface area contributed by atoms with E-state index in [9.17, 15) is 19.1 Å². The van der Waals surface area contributed by atoms with Crippen molar-refractivity contribution in [1.29, 1.82) is 5.26 Å². The molecule has 48 heavy (non-hydrogen) atoms. The highest BCUT2D eigenvalue weighted by Crippen LogP contribution is 2.30. The maximum absolute atomic E-state index is 15.7. The highest BCUT2D eigenvalue weighted by molar-refractivity contribution is 5.92. The van der Waals surface area contributed by atoms with Crippen molar-refractivity contribution in [2.45, 2.75) is 52.8 Å². The summed E-state index contributed by atoms with van der Waals surface area (Å²) in [6, 6.07) is 20.5. The average molecular weight is 650 g/mol. The first-order valence-corrected chi connectivity index (χ1v) is 15.5. The molecular formula is C37H33F2N5O4. The molecule has 3 heterocycles. The number of carbonyl (C=O) groups is 2. The number of amides is 1. The first-order chi connectivity index (χ1) is 22.9. The number of aromatic nitrogens is 3. The SMILES string of the molecule is CC(C)(C)C(=O)N1CC[C@@H]1Cn1c(Cc2ccc(-c3cccc(OCc4ccc(C#N)cc4F)n3)cc2F)nc2ccc(C(=O)O)cc21. The van der Waals surface area contributed by atoms with Crippen LogP contribution in [0.1, 0.15) is 60.1 Å². The molecule has 1 amide bonds. The molecule has 0 radical (unpaired) electrons. The van der Waals surface area contributed by atoms with Gasteiger partial charge in [0.15, 0.2) is 0 Å². The zero-order chi connectivity index (χ0) is 34.2. The number of pyridine rings is 1. The van der Waals surface area contributed by atoms with E-state index in [0.29, 0.717) is 46.8 Å². The van der Waals surface area contributed by atoms with Crippen LogP contribution in [0.4, 0.5) is 8.78 Å². The van der Waals surface area contributed by atoms with Gasteiger partial charge in [-0.25, -0.2) is 23.5 Å². The molecule has 1 atom stereocenters. The molecule has 2 aromatic heterocycles. The Labute approximate surface area is 276 Å². The number of benzene rings is 3. The van der Waals surface area contributed by atoms with Crippen LogP contribution >= 0.6 is 0 Å². The summed E-state index contributed by atoms with van der Waals surface area (Å²) in [6.45, 7) is 6.59. The van der Waals surface area contributed by atoms with Crippen LogP contribution in [0.25, 0.3) is 22.3 Å². The summed E-state index contributed by atoms with van der Waals surface area (Å²) in [5.74, 6) is -1.27. The summed E-state index contributed by atoms with van der Waals surface area (Å²) < 4.78 is 37.6. The van der Waals surface area contributed by atoms with Gasteiger partial charge >= 0.3 is 5.97 Å². The van der Waals surface area contributed by atoms with Crippen LogP contribution < -0.4 is 4.74 Å². The Hall–Kier alpha value is -5.63. The average Bonchev–Trinajstić information content (AvgIpc) is 3.38. The Bertz CT molecular complexity index is 2100. The van der Waals surface area contributed by atoms with Gasteiger partial charge in [-0.2, -0.15) is 5.26 Å². The molecule has 1 aliphatic heterocycles. The molecular weight excluding hydrogens is 616 g/mol. The number of halogens is 2. The third-order valence-corrected chi connectivity index (χ3v) is 8.49. The fourth-order valence-corrected chi connectivity index (χ4v) is 5.75. The summed E-state index contributed by atoms with van der Waals surface area (Å²) in [5, 5.41) is 18.6. The van der Waals surface area contributed by atoms with Gasteiger partial charge in [-0.05, 0) is 54.4 Å². The van der Waals surface area contributed by atoms with Gasteiger partial charge in [0.2, 0.25) is 11.8 Å². The van der Waals surface area contributed by atoms with Crippen molar-refractivity contribution >= 4 is 22.9 Å². The third-order valence-electron chi connectivity index (χ3n) is 8.49. The third kappa shape index (κ3) is 6.60. The van der Waals surface area contributed by atoms with Crippen molar-refractivity contribution in [2.75, 3.05) is 6.54 Å². The monoisotopic (exact) mass is 649 g/mol. The molecule has 0 bridgehead atoms. The predicted molar refractivity (Wildman–Crippen MR) is 174 cm³/mol. The van der Waals surface area contributed by atoms with E-state index < -0.39 is 23.0 Å². The topological polar surface area (TPSA) is 121 Å². The van der Waals surface area contributed by atoms with Crippen molar-refractivity contribution in [1.82, 2.24) is 19.4 Å². The number of carbonyl (C=O) groups excluding carboxylic acids is 1. The van der Waals surface area contributed by atoms with Crippen LogP contribution in [0.15, 0.2) is 72.8 Å². The summed E-state index contributed by atoms with van der Waals surface area (Å²) in [7, 11) is 0. The van der Waals surface area contributed by atoms with Crippen LogP contribution in [0.3, 0.4) is 0 Å². The number of imidazole rings is 1. The Kier molecular flexibility index (Phi) is 8.67. The van der Waals surface area contributed by atoms with E-state index in [1.165, 1.54) is 24.3 Å². The van der Waals surface area contributed by atoms with Gasteiger partial charge in [-0.1, -0.05) is 45.0 Å². The van der Waals surface area contributed by atoms with E-state index in [0.717, 1.165) is 12.5 Å². The zero-order valence-corrected chi connectivity index (χ0v) is 26.7. The second kappa shape index (κ2) is 12.9. The predicted octanol–water partition coefficient (Wildman–Crippen LogP) is 6.76. The minimum absolute atomic E-state index is 0.0436. The maximum atomic E-state index is 15.7. The standard InChI is InChI=1S/C37H33F2N5O4/c1-37(2,3)36(47)43-14-13-27(43)20-44-32-17-25(35(45)46)11-12-31(32)41-33(44)18-23-9-10-24(16-29(23)39)30-5-4-6-34(42-30)48-21-26-8-7-22(19-40)15-28(26)38/h4-12,15-17,27H,13-14,18,20-21H2,1-3H3,(H,45,46)/t27-/m1/s1. The van der Waals surface area contributed by atoms with Crippen molar-refractivity contribution in [3.05, 3.63) is 113 Å². The van der Waals surface area contributed by atoms with Gasteiger partial charge in [0.25, 0.3) is 0 Å². The molecule has 244 valence electrons. The minimum atomic E-state index is -1.06. The Morgan fingerprint density at radius 3 is 2.44 bits per heavy atom. The summed E-state index contributed by atoms with van der Waals surface area (Å²) >= 11 is 0. The van der Waals surface area contributed by atoms with Gasteiger partial charge in [0.05, 0.1) is 40.0 Å². The molecule has 0 unspecified atom stereocenters. The molecule has 0 spiro atoms. The number of rotatable bonds is 9. The number of nitriles is 1. The van der Waals surface area contributed by atoms with Gasteiger partial charge in [0.1, 0.15) is 24.1 Å². The number of aromatic carboxylic acids is 1. The van der Waals surface area contributed by atoms with E-state index >= 15 is 4.39 Å². The van der Waals surface area contributed by atoms with Crippen LogP contribution in [0.5, 0.6) is 5.88 Å². The molecule has 5 aromatic rings. The van der Waals surface area contributed by atoms with Crippen molar-refractivity contribution in [2.24, 2.45) is 5.41 Å². The van der Waals surface area contributed by atoms with Gasteiger partial charge in [-0.15, -0.1) is 0 Å². The lowest BCUT2D eigenvalue weighted by Crippen LogP contribution is -2.56. The molecule has 1 saturated heterocycles. The number of hydrogen-bond donors (Lipinski definition) is 1. The number of ether oxygens (including phenoxy) is 1. The van der Waals surface area contributed by atoms with Crippen molar-refractivity contribution in [3.8, 4) is 23.2 Å². The number of nitrogens with zero attached hydrogens (tertiary/aromatic N) is 5. The second-order valence-corrected chi connectivity index (χ2v) is 12.9. The van der Waals surface area contributed by atoms with E-state index in [1.807, 2.05) is 36.3 Å². The Morgan fingerprint density at radius 2 is 1.77 bits per heavy atom. The van der Waals surface area contributed by atoms with Gasteiger partial charge < -0.3 is 19.3 Å². The molecule has 1 fully saturated rings. The van der Waals surface area contributed by atoms with Crippen LogP contribution in [-0.4, -0.2) is 49.0 Å². The van der Waals surface area contributed by atoms with E-state index in [-0.39, 0.29) is 47.5 Å². The van der Waals surface area contributed by atoms with E-state index in [4.69, 9.17) is 15.0 Å². The number of likely N-dealkylation sites (tertiary alicyclic amines) is 1. The summed E-state index contributed by atoms with van der Waals surface area (Å²) in [4.78, 5) is 35.9. The molecule has 0 aliphatic carbocycles. The van der Waals surface area contributed by atoms with E-state index in [1.54, 1.807) is 42.5 Å². The largest absolute Gasteiger partial charge is 0.478 e. The number of carboxylic acids is 1. The number of carboxylic acid groups (broad SMARTS) is 1. The molecule has 3 aromatic carbocycles. The van der Waals surface area contributed by atoms with Crippen molar-refractivity contribution < 1.29 is 28.2 Å². The summed E-state index contributed by atoms with van der Waals surface area (Å²) in [5.41, 5.74) is 2.61. The Morgan fingerprint density at radius 1 is 1.00 bits per heavy atom. The Balaban J connectivity index is 1.24. The van der Waals surface area contributed by atoms with Crippen LogP contribution in [0.2, 0.25) is 0 Å². The molecule has 6 rings (SSSR count). The first-order valence-electron chi connectivity index (χ1n) is 15.5. The lowest BCUT2D eigenvalue weighted by molar-refractivity contribution is -0.148. The molecule has 9 nitrogen and oxygen atoms in total. The molecule has 0 saturated carbocycles. The quantitative estimate of drug-likeness (QED) is 0.187. The van der Waals surface area contributed by atoms with Gasteiger partial charge in [-0.3, -0.25) is 4.79 Å². The number of fused-ring (bicyclic) bond motifs is 1.